The quantitative estimate of drug-likeness (QED) is 0.483. The summed E-state index contributed by atoms with van der Waals surface area (Å²) in [6.07, 6.45) is 4.53. The first-order chi connectivity index (χ1) is 12.6. The standard InChI is InChI=1S/C20H17NO5/c22-18-16-11-3-4-12(10-11)17(16)19(23)21(18)13-5-7-14(8-6-13)26-20(24)15-2-1-9-25-15/h1-2,5-9,11-12,16-17H,3-4,10H2/t11-,12+,16-,17+. The van der Waals surface area contributed by atoms with Crippen molar-refractivity contribution in [2.45, 2.75) is 19.3 Å². The number of carbonyl (C=O) groups excluding carboxylic acids is 3. The molecule has 4 atom stereocenters. The van der Waals surface area contributed by atoms with Crippen LogP contribution < -0.4 is 9.64 Å². The first-order valence-electron chi connectivity index (χ1n) is 8.87. The Bertz CT molecular complexity index is 857. The van der Waals surface area contributed by atoms with Crippen molar-refractivity contribution in [2.75, 3.05) is 4.90 Å². The van der Waals surface area contributed by atoms with Gasteiger partial charge in [-0.15, -0.1) is 0 Å². The molecule has 1 aliphatic heterocycles. The molecule has 2 amide bonds. The molecule has 2 aromatic rings. The Balaban J connectivity index is 1.36. The lowest BCUT2D eigenvalue weighted by Gasteiger charge is -2.19. The molecule has 2 heterocycles. The molecule has 6 nitrogen and oxygen atoms in total. The van der Waals surface area contributed by atoms with Crippen LogP contribution in [0.3, 0.4) is 0 Å². The number of carbonyl (C=O) groups is 3. The van der Waals surface area contributed by atoms with Gasteiger partial charge in [-0.2, -0.15) is 0 Å². The summed E-state index contributed by atoms with van der Waals surface area (Å²) in [7, 11) is 0. The van der Waals surface area contributed by atoms with Crippen LogP contribution in [0.15, 0.2) is 47.1 Å². The molecule has 0 unspecified atom stereocenters. The van der Waals surface area contributed by atoms with Crippen molar-refractivity contribution < 1.29 is 23.5 Å². The molecule has 3 aliphatic rings. The van der Waals surface area contributed by atoms with Crippen molar-refractivity contribution in [3.8, 4) is 5.75 Å². The zero-order valence-electron chi connectivity index (χ0n) is 14.0. The minimum Gasteiger partial charge on any atom is -0.457 e. The highest BCUT2D eigenvalue weighted by atomic mass is 16.5. The number of fused-ring (bicyclic) bond motifs is 5. The SMILES string of the molecule is O=C(Oc1ccc(N2C(=O)[C@@H]3[C@@H]4CC[C@@H](C4)[C@@H]3C2=O)cc1)c1ccco1. The van der Waals surface area contributed by atoms with E-state index in [-0.39, 0.29) is 29.4 Å². The van der Waals surface area contributed by atoms with Gasteiger partial charge in [-0.1, -0.05) is 0 Å². The Morgan fingerprint density at radius 1 is 1.00 bits per heavy atom. The number of imide groups is 1. The fraction of sp³-hybridized carbons (Fsp3) is 0.350. The Morgan fingerprint density at radius 2 is 1.65 bits per heavy atom. The minimum atomic E-state index is -0.595. The Hall–Kier alpha value is -2.89. The number of hydrogen-bond donors (Lipinski definition) is 0. The highest BCUT2D eigenvalue weighted by molar-refractivity contribution is 6.22. The normalized spacial score (nSPS) is 29.3. The number of nitrogens with zero attached hydrogens (tertiary/aromatic N) is 1. The third-order valence-electron chi connectivity index (χ3n) is 5.96. The summed E-state index contributed by atoms with van der Waals surface area (Å²) in [6.45, 7) is 0. The maximum Gasteiger partial charge on any atom is 0.379 e. The number of ether oxygens (including phenoxy) is 1. The molecule has 2 saturated carbocycles. The van der Waals surface area contributed by atoms with Gasteiger partial charge < -0.3 is 9.15 Å². The third kappa shape index (κ3) is 2.14. The van der Waals surface area contributed by atoms with Crippen LogP contribution >= 0.6 is 0 Å². The van der Waals surface area contributed by atoms with Crippen molar-refractivity contribution in [1.29, 1.82) is 0 Å². The van der Waals surface area contributed by atoms with Crippen molar-refractivity contribution in [3.05, 3.63) is 48.4 Å². The zero-order valence-corrected chi connectivity index (χ0v) is 14.0. The molecular formula is C20H17NO5. The second-order valence-corrected chi connectivity index (χ2v) is 7.26. The molecule has 26 heavy (non-hydrogen) atoms. The monoisotopic (exact) mass is 351 g/mol. The highest BCUT2D eigenvalue weighted by Gasteiger charge is 2.61. The molecule has 3 fully saturated rings. The third-order valence-corrected chi connectivity index (χ3v) is 5.96. The van der Waals surface area contributed by atoms with E-state index in [1.54, 1.807) is 30.3 Å². The molecule has 1 aromatic carbocycles. The van der Waals surface area contributed by atoms with E-state index >= 15 is 0 Å². The van der Waals surface area contributed by atoms with Gasteiger partial charge in [0, 0.05) is 0 Å². The summed E-state index contributed by atoms with van der Waals surface area (Å²) in [6, 6.07) is 9.57. The fourth-order valence-corrected chi connectivity index (χ4v) is 4.88. The van der Waals surface area contributed by atoms with Crippen molar-refractivity contribution in [1.82, 2.24) is 0 Å². The number of amides is 2. The molecule has 0 N–H and O–H groups in total. The number of rotatable bonds is 3. The molecule has 0 spiro atoms. The summed E-state index contributed by atoms with van der Waals surface area (Å²) in [5.41, 5.74) is 0.534. The molecule has 1 aromatic heterocycles. The molecule has 2 bridgehead atoms. The molecule has 6 heteroatoms. The Kier molecular flexibility index (Phi) is 3.29. The van der Waals surface area contributed by atoms with Crippen LogP contribution in [-0.2, 0) is 9.59 Å². The van der Waals surface area contributed by atoms with E-state index < -0.39 is 5.97 Å². The summed E-state index contributed by atoms with van der Waals surface area (Å²) < 4.78 is 10.2. The molecule has 5 rings (SSSR count). The van der Waals surface area contributed by atoms with E-state index in [1.807, 2.05) is 0 Å². The highest BCUT2D eigenvalue weighted by Crippen LogP contribution is 2.56. The van der Waals surface area contributed by atoms with Gasteiger partial charge in [0.25, 0.3) is 0 Å². The lowest BCUT2D eigenvalue weighted by molar-refractivity contribution is -0.123. The number of anilines is 1. The largest absolute Gasteiger partial charge is 0.457 e. The summed E-state index contributed by atoms with van der Waals surface area (Å²) in [5, 5.41) is 0. The first kappa shape index (κ1) is 15.4. The van der Waals surface area contributed by atoms with E-state index in [9.17, 15) is 14.4 Å². The van der Waals surface area contributed by atoms with Gasteiger partial charge >= 0.3 is 5.97 Å². The van der Waals surface area contributed by atoms with E-state index in [2.05, 4.69) is 0 Å². The smallest absolute Gasteiger partial charge is 0.379 e. The first-order valence-corrected chi connectivity index (χ1v) is 8.87. The van der Waals surface area contributed by atoms with Crippen molar-refractivity contribution >= 4 is 23.5 Å². The average molecular weight is 351 g/mol. The maximum atomic E-state index is 12.8. The molecule has 132 valence electrons. The van der Waals surface area contributed by atoms with Gasteiger partial charge in [0.2, 0.25) is 17.6 Å². The van der Waals surface area contributed by atoms with E-state index in [4.69, 9.17) is 9.15 Å². The van der Waals surface area contributed by atoms with Crippen LogP contribution in [0, 0.1) is 23.7 Å². The van der Waals surface area contributed by atoms with Gasteiger partial charge in [-0.3, -0.25) is 14.5 Å². The molecule has 1 saturated heterocycles. The summed E-state index contributed by atoms with van der Waals surface area (Å²) >= 11 is 0. The van der Waals surface area contributed by atoms with Gasteiger partial charge in [-0.05, 0) is 67.5 Å². The summed E-state index contributed by atoms with van der Waals surface area (Å²) in [4.78, 5) is 38.8. The lowest BCUT2D eigenvalue weighted by Crippen LogP contribution is -2.32. The fourth-order valence-electron chi connectivity index (χ4n) is 4.88. The molecule has 0 radical (unpaired) electrons. The van der Waals surface area contributed by atoms with Gasteiger partial charge in [0.1, 0.15) is 5.75 Å². The predicted octanol–water partition coefficient (Wildman–Crippen LogP) is 3.03. The van der Waals surface area contributed by atoms with E-state index in [1.165, 1.54) is 17.2 Å². The van der Waals surface area contributed by atoms with Crippen LogP contribution in [0.4, 0.5) is 5.69 Å². The number of benzene rings is 1. The van der Waals surface area contributed by atoms with Crippen LogP contribution in [0.2, 0.25) is 0 Å². The number of esters is 1. The van der Waals surface area contributed by atoms with E-state index in [0.717, 1.165) is 19.3 Å². The Labute approximate surface area is 149 Å². The lowest BCUT2D eigenvalue weighted by atomic mass is 9.81. The van der Waals surface area contributed by atoms with Gasteiger partial charge in [-0.25, -0.2) is 4.79 Å². The van der Waals surface area contributed by atoms with Crippen LogP contribution in [0.25, 0.3) is 0 Å². The second-order valence-electron chi connectivity index (χ2n) is 7.26. The van der Waals surface area contributed by atoms with E-state index in [0.29, 0.717) is 23.3 Å². The Morgan fingerprint density at radius 3 is 2.23 bits per heavy atom. The topological polar surface area (TPSA) is 76.8 Å². The number of hydrogen-bond acceptors (Lipinski definition) is 5. The van der Waals surface area contributed by atoms with Crippen LogP contribution in [0.5, 0.6) is 5.75 Å². The number of furan rings is 1. The van der Waals surface area contributed by atoms with Crippen molar-refractivity contribution in [2.24, 2.45) is 23.7 Å². The zero-order chi connectivity index (χ0) is 17.8. The molecular weight excluding hydrogens is 334 g/mol. The maximum absolute atomic E-state index is 12.8. The van der Waals surface area contributed by atoms with Crippen LogP contribution in [0.1, 0.15) is 29.8 Å². The van der Waals surface area contributed by atoms with Crippen molar-refractivity contribution in [3.63, 3.8) is 0 Å². The van der Waals surface area contributed by atoms with Gasteiger partial charge in [0.05, 0.1) is 23.8 Å². The van der Waals surface area contributed by atoms with Crippen LogP contribution in [-0.4, -0.2) is 17.8 Å². The van der Waals surface area contributed by atoms with Gasteiger partial charge in [0.15, 0.2) is 0 Å². The predicted molar refractivity (Wildman–Crippen MR) is 90.4 cm³/mol. The minimum absolute atomic E-state index is 0.0764. The summed E-state index contributed by atoms with van der Waals surface area (Å²) in [5.74, 6) is 0.134. The average Bonchev–Trinajstić information content (AvgIpc) is 3.41. The molecule has 2 aliphatic carbocycles. The second kappa shape index (κ2) is 5.56.